The summed E-state index contributed by atoms with van der Waals surface area (Å²) in [5, 5.41) is 15.2. The topological polar surface area (TPSA) is 70.1 Å². The summed E-state index contributed by atoms with van der Waals surface area (Å²) in [6.45, 7) is 1.83. The molecule has 0 spiro atoms. The first-order valence-corrected chi connectivity index (χ1v) is 8.33. The summed E-state index contributed by atoms with van der Waals surface area (Å²) in [5.74, 6) is 1.06. The molecule has 0 unspecified atom stereocenters. The van der Waals surface area contributed by atoms with E-state index in [-0.39, 0.29) is 18.5 Å². The Balaban J connectivity index is 1.87. The fourth-order valence-corrected chi connectivity index (χ4v) is 2.51. The molecule has 2 aromatic rings. The molecule has 7 heteroatoms. The normalized spacial score (nSPS) is 15.3. The molecule has 1 atom stereocenters. The standard InChI is InChI=1S/C16H18BrFN4O/c1-9(8-23)19-16-21-14(10-2-3-10)7-15(22-16)20-13-5-4-11(17)6-12(13)18/h4-7,9-10,23H,2-3,8H2,1H3,(H2,19,20,21,22)/t9-/m1/s1. The highest BCUT2D eigenvalue weighted by Crippen LogP contribution is 2.40. The quantitative estimate of drug-likeness (QED) is 0.710. The summed E-state index contributed by atoms with van der Waals surface area (Å²) in [6, 6.07) is 6.52. The van der Waals surface area contributed by atoms with E-state index >= 15 is 0 Å². The second kappa shape index (κ2) is 6.80. The number of anilines is 3. The van der Waals surface area contributed by atoms with Crippen molar-refractivity contribution >= 4 is 33.4 Å². The van der Waals surface area contributed by atoms with Crippen molar-refractivity contribution < 1.29 is 9.50 Å². The first kappa shape index (κ1) is 16.1. The Labute approximate surface area is 142 Å². The number of nitrogens with zero attached hydrogens (tertiary/aromatic N) is 2. The van der Waals surface area contributed by atoms with Crippen LogP contribution in [0.5, 0.6) is 0 Å². The molecule has 0 bridgehead atoms. The number of aromatic nitrogens is 2. The van der Waals surface area contributed by atoms with Gasteiger partial charge >= 0.3 is 0 Å². The van der Waals surface area contributed by atoms with Gasteiger partial charge in [-0.25, -0.2) is 9.37 Å². The summed E-state index contributed by atoms with van der Waals surface area (Å²) in [4.78, 5) is 8.85. The molecule has 3 rings (SSSR count). The van der Waals surface area contributed by atoms with Gasteiger partial charge in [0, 0.05) is 22.5 Å². The molecule has 1 saturated carbocycles. The molecule has 3 N–H and O–H groups in total. The zero-order chi connectivity index (χ0) is 16.4. The predicted molar refractivity (Wildman–Crippen MR) is 91.6 cm³/mol. The molecule has 0 aliphatic heterocycles. The summed E-state index contributed by atoms with van der Waals surface area (Å²) >= 11 is 3.24. The first-order chi connectivity index (χ1) is 11.0. The Morgan fingerprint density at radius 2 is 2.13 bits per heavy atom. The zero-order valence-corrected chi connectivity index (χ0v) is 14.3. The van der Waals surface area contributed by atoms with Crippen LogP contribution in [-0.4, -0.2) is 27.7 Å². The van der Waals surface area contributed by atoms with E-state index in [2.05, 4.69) is 36.5 Å². The first-order valence-electron chi connectivity index (χ1n) is 7.53. The van der Waals surface area contributed by atoms with Gasteiger partial charge in [-0.3, -0.25) is 0 Å². The molecule has 23 heavy (non-hydrogen) atoms. The highest BCUT2D eigenvalue weighted by Gasteiger charge is 2.26. The van der Waals surface area contributed by atoms with E-state index < -0.39 is 0 Å². The molecule has 5 nitrogen and oxygen atoms in total. The van der Waals surface area contributed by atoms with Crippen LogP contribution < -0.4 is 10.6 Å². The van der Waals surface area contributed by atoms with Gasteiger partial charge in [-0.2, -0.15) is 4.98 Å². The number of nitrogens with one attached hydrogen (secondary N) is 2. The van der Waals surface area contributed by atoms with E-state index in [0.717, 1.165) is 18.5 Å². The van der Waals surface area contributed by atoms with Gasteiger partial charge in [-0.15, -0.1) is 0 Å². The third-order valence-corrected chi connectivity index (χ3v) is 4.08. The zero-order valence-electron chi connectivity index (χ0n) is 12.7. The Morgan fingerprint density at radius 1 is 1.35 bits per heavy atom. The van der Waals surface area contributed by atoms with Crippen LogP contribution in [0.25, 0.3) is 0 Å². The molecule has 0 saturated heterocycles. The highest BCUT2D eigenvalue weighted by atomic mass is 79.9. The van der Waals surface area contributed by atoms with Gasteiger partial charge in [0.15, 0.2) is 0 Å². The Kier molecular flexibility index (Phi) is 4.77. The Morgan fingerprint density at radius 3 is 2.78 bits per heavy atom. The third kappa shape index (κ3) is 4.17. The molecule has 1 aromatic carbocycles. The molecule has 1 aliphatic carbocycles. The molecule has 1 fully saturated rings. The average molecular weight is 381 g/mol. The maximum atomic E-state index is 14.0. The number of aliphatic hydroxyl groups is 1. The van der Waals surface area contributed by atoms with Crippen LogP contribution in [0.15, 0.2) is 28.7 Å². The van der Waals surface area contributed by atoms with Gasteiger partial charge in [0.05, 0.1) is 18.0 Å². The maximum Gasteiger partial charge on any atom is 0.225 e. The second-order valence-electron chi connectivity index (χ2n) is 5.75. The smallest absolute Gasteiger partial charge is 0.225 e. The van der Waals surface area contributed by atoms with E-state index in [1.165, 1.54) is 6.07 Å². The molecule has 1 aromatic heterocycles. The minimum Gasteiger partial charge on any atom is -0.394 e. The van der Waals surface area contributed by atoms with E-state index in [1.807, 2.05) is 13.0 Å². The lowest BCUT2D eigenvalue weighted by Gasteiger charge is -2.14. The fraction of sp³-hybridized carbons (Fsp3) is 0.375. The van der Waals surface area contributed by atoms with E-state index in [9.17, 15) is 4.39 Å². The average Bonchev–Trinajstić information content (AvgIpc) is 3.34. The van der Waals surface area contributed by atoms with E-state index in [4.69, 9.17) is 5.11 Å². The number of rotatable bonds is 6. The second-order valence-corrected chi connectivity index (χ2v) is 6.67. The van der Waals surface area contributed by atoms with Gasteiger partial charge in [-0.1, -0.05) is 15.9 Å². The molecular formula is C16H18BrFN4O. The van der Waals surface area contributed by atoms with Crippen molar-refractivity contribution in [3.8, 4) is 0 Å². The van der Waals surface area contributed by atoms with E-state index in [0.29, 0.717) is 27.8 Å². The minimum absolute atomic E-state index is 0.0128. The minimum atomic E-state index is -0.357. The van der Waals surface area contributed by atoms with Crippen LogP contribution in [0.2, 0.25) is 0 Å². The SMILES string of the molecule is C[C@H](CO)Nc1nc(Nc2ccc(Br)cc2F)cc(C2CC2)n1. The molecule has 0 radical (unpaired) electrons. The van der Waals surface area contributed by atoms with Gasteiger partial charge in [0.1, 0.15) is 11.6 Å². The third-order valence-electron chi connectivity index (χ3n) is 3.58. The summed E-state index contributed by atoms with van der Waals surface area (Å²) in [6.07, 6.45) is 2.22. The van der Waals surface area contributed by atoms with Crippen molar-refractivity contribution in [2.75, 3.05) is 17.2 Å². The van der Waals surface area contributed by atoms with Gasteiger partial charge in [0.25, 0.3) is 0 Å². The molecule has 0 amide bonds. The summed E-state index contributed by atoms with van der Waals surface area (Å²) in [5.41, 5.74) is 1.29. The molecule has 1 aliphatic rings. The van der Waals surface area contributed by atoms with Crippen molar-refractivity contribution in [2.45, 2.75) is 31.7 Å². The fourth-order valence-electron chi connectivity index (χ4n) is 2.18. The largest absolute Gasteiger partial charge is 0.394 e. The molecule has 122 valence electrons. The van der Waals surface area contributed by atoms with Crippen LogP contribution in [0.1, 0.15) is 31.4 Å². The summed E-state index contributed by atoms with van der Waals surface area (Å²) < 4.78 is 14.7. The van der Waals surface area contributed by atoms with Crippen molar-refractivity contribution in [3.05, 3.63) is 40.2 Å². The summed E-state index contributed by atoms with van der Waals surface area (Å²) in [7, 11) is 0. The van der Waals surface area contributed by atoms with Crippen LogP contribution in [0.4, 0.5) is 21.8 Å². The number of halogens is 2. The van der Waals surface area contributed by atoms with Crippen LogP contribution in [0, 0.1) is 5.82 Å². The number of aliphatic hydroxyl groups excluding tert-OH is 1. The lowest BCUT2D eigenvalue weighted by atomic mass is 10.2. The Bertz CT molecular complexity index is 708. The predicted octanol–water partition coefficient (Wildman–Crippen LogP) is 3.79. The molecular weight excluding hydrogens is 363 g/mol. The van der Waals surface area contributed by atoms with Crippen LogP contribution in [0.3, 0.4) is 0 Å². The van der Waals surface area contributed by atoms with E-state index in [1.54, 1.807) is 12.1 Å². The number of hydrogen-bond donors (Lipinski definition) is 3. The van der Waals surface area contributed by atoms with Gasteiger partial charge < -0.3 is 15.7 Å². The Hall–Kier alpha value is -1.73. The van der Waals surface area contributed by atoms with Crippen molar-refractivity contribution in [1.29, 1.82) is 0 Å². The lowest BCUT2D eigenvalue weighted by Crippen LogP contribution is -2.21. The number of hydrogen-bond acceptors (Lipinski definition) is 5. The van der Waals surface area contributed by atoms with Gasteiger partial charge in [0.2, 0.25) is 5.95 Å². The monoisotopic (exact) mass is 380 g/mol. The number of benzene rings is 1. The van der Waals surface area contributed by atoms with Crippen molar-refractivity contribution in [1.82, 2.24) is 9.97 Å². The lowest BCUT2D eigenvalue weighted by molar-refractivity contribution is 0.281. The molecule has 1 heterocycles. The van der Waals surface area contributed by atoms with Crippen LogP contribution in [-0.2, 0) is 0 Å². The van der Waals surface area contributed by atoms with Crippen molar-refractivity contribution in [2.24, 2.45) is 0 Å². The van der Waals surface area contributed by atoms with Crippen molar-refractivity contribution in [3.63, 3.8) is 0 Å². The van der Waals surface area contributed by atoms with Crippen LogP contribution >= 0.6 is 15.9 Å². The van der Waals surface area contributed by atoms with Gasteiger partial charge in [-0.05, 0) is 38.0 Å². The highest BCUT2D eigenvalue weighted by molar-refractivity contribution is 9.10. The maximum absolute atomic E-state index is 14.0.